The molecule has 0 aromatic carbocycles. The first kappa shape index (κ1) is 17.2. The summed E-state index contributed by atoms with van der Waals surface area (Å²) in [5.74, 6) is -0.473. The molecule has 0 saturated carbocycles. The van der Waals surface area contributed by atoms with Gasteiger partial charge in [-0.25, -0.2) is 0 Å². The van der Waals surface area contributed by atoms with Gasteiger partial charge in [-0.15, -0.1) is 12.4 Å². The molecule has 0 aliphatic rings. The van der Waals surface area contributed by atoms with Crippen LogP contribution in [-0.4, -0.2) is 30.4 Å². The van der Waals surface area contributed by atoms with E-state index in [1.165, 1.54) is 12.4 Å². The first-order valence-electron chi connectivity index (χ1n) is 5.58. The second-order valence-corrected chi connectivity index (χ2v) is 4.61. The van der Waals surface area contributed by atoms with Gasteiger partial charge in [-0.3, -0.25) is 14.6 Å². The fraction of sp³-hybridized carbons (Fsp3) is 0.417. The molecular weight excluding hydrogens is 268 g/mol. The number of nitrogen functional groups attached to an aromatic ring is 1. The molecule has 7 heteroatoms. The number of anilines is 1. The van der Waals surface area contributed by atoms with Gasteiger partial charge in [0.1, 0.15) is 0 Å². The third-order valence-electron chi connectivity index (χ3n) is 2.63. The Morgan fingerprint density at radius 1 is 1.42 bits per heavy atom. The van der Waals surface area contributed by atoms with E-state index in [0.717, 1.165) is 0 Å². The van der Waals surface area contributed by atoms with Crippen LogP contribution in [0.2, 0.25) is 0 Å². The van der Waals surface area contributed by atoms with Gasteiger partial charge < -0.3 is 16.4 Å². The normalized spacial score (nSPS) is 10.3. The summed E-state index contributed by atoms with van der Waals surface area (Å²) < 4.78 is 0. The molecule has 1 rings (SSSR count). The van der Waals surface area contributed by atoms with Crippen LogP contribution in [0.1, 0.15) is 24.2 Å². The van der Waals surface area contributed by atoms with Crippen molar-refractivity contribution >= 4 is 29.9 Å². The first-order chi connectivity index (χ1) is 8.38. The molecule has 1 heterocycles. The van der Waals surface area contributed by atoms with E-state index in [0.29, 0.717) is 11.3 Å². The van der Waals surface area contributed by atoms with Crippen LogP contribution in [0.25, 0.3) is 0 Å². The van der Waals surface area contributed by atoms with E-state index in [1.54, 1.807) is 27.0 Å². The van der Waals surface area contributed by atoms with Crippen LogP contribution >= 0.6 is 12.4 Å². The average Bonchev–Trinajstić information content (AvgIpc) is 2.35. The van der Waals surface area contributed by atoms with Crippen LogP contribution in [0, 0.1) is 5.41 Å². The number of pyridine rings is 1. The quantitative estimate of drug-likeness (QED) is 0.754. The van der Waals surface area contributed by atoms with Gasteiger partial charge in [-0.2, -0.15) is 0 Å². The number of hydrogen-bond acceptors (Lipinski definition) is 4. The minimum Gasteiger partial charge on any atom is -0.398 e. The molecule has 2 amide bonds. The van der Waals surface area contributed by atoms with E-state index < -0.39 is 5.41 Å². The molecule has 0 bridgehead atoms. The Morgan fingerprint density at radius 3 is 2.58 bits per heavy atom. The van der Waals surface area contributed by atoms with Crippen molar-refractivity contribution in [2.24, 2.45) is 5.41 Å². The van der Waals surface area contributed by atoms with Gasteiger partial charge in [-0.05, 0) is 19.9 Å². The van der Waals surface area contributed by atoms with Crippen molar-refractivity contribution in [2.45, 2.75) is 13.8 Å². The first-order valence-corrected chi connectivity index (χ1v) is 5.58. The minimum atomic E-state index is -0.679. The molecule has 1 aromatic heterocycles. The molecule has 0 radical (unpaired) electrons. The lowest BCUT2D eigenvalue weighted by atomic mass is 9.92. The zero-order chi connectivity index (χ0) is 13.8. The van der Waals surface area contributed by atoms with Crippen molar-refractivity contribution in [3.05, 3.63) is 24.0 Å². The standard InChI is InChI=1S/C12H18N4O2.ClH/c1-12(2,11(18)14-3)7-16-10(17)8-6-15-5-4-9(8)13;/h4-6H,7H2,1-3H3,(H2,13,15)(H,14,18)(H,16,17);1H. The Hall–Kier alpha value is -1.82. The fourth-order valence-corrected chi connectivity index (χ4v) is 1.41. The predicted octanol–water partition coefficient (Wildman–Crippen LogP) is 0.588. The third-order valence-corrected chi connectivity index (χ3v) is 2.63. The maximum Gasteiger partial charge on any atom is 0.254 e. The number of hydrogen-bond donors (Lipinski definition) is 3. The number of rotatable bonds is 4. The zero-order valence-electron chi connectivity index (χ0n) is 11.2. The van der Waals surface area contributed by atoms with Gasteiger partial charge in [0.05, 0.1) is 11.0 Å². The van der Waals surface area contributed by atoms with Gasteiger partial charge in [0.2, 0.25) is 5.91 Å². The van der Waals surface area contributed by atoms with E-state index in [4.69, 9.17) is 5.73 Å². The summed E-state index contributed by atoms with van der Waals surface area (Å²) in [6, 6.07) is 1.55. The summed E-state index contributed by atoms with van der Waals surface area (Å²) in [7, 11) is 1.56. The van der Waals surface area contributed by atoms with Crippen molar-refractivity contribution in [2.75, 3.05) is 19.3 Å². The van der Waals surface area contributed by atoms with Gasteiger partial charge in [-0.1, -0.05) is 0 Å². The predicted molar refractivity (Wildman–Crippen MR) is 76.1 cm³/mol. The Morgan fingerprint density at radius 2 is 2.05 bits per heavy atom. The summed E-state index contributed by atoms with van der Waals surface area (Å²) >= 11 is 0. The molecule has 0 saturated heterocycles. The van der Waals surface area contributed by atoms with Crippen LogP contribution in [0.5, 0.6) is 0 Å². The highest BCUT2D eigenvalue weighted by Crippen LogP contribution is 2.14. The smallest absolute Gasteiger partial charge is 0.254 e. The number of halogens is 1. The molecule has 0 unspecified atom stereocenters. The number of nitrogens with one attached hydrogen (secondary N) is 2. The summed E-state index contributed by atoms with van der Waals surface area (Å²) in [6.07, 6.45) is 2.91. The summed E-state index contributed by atoms with van der Waals surface area (Å²) in [5, 5.41) is 5.23. The van der Waals surface area contributed by atoms with Gasteiger partial charge >= 0.3 is 0 Å². The van der Waals surface area contributed by atoms with E-state index in [9.17, 15) is 9.59 Å². The molecule has 19 heavy (non-hydrogen) atoms. The highest BCUT2D eigenvalue weighted by atomic mass is 35.5. The van der Waals surface area contributed by atoms with Crippen molar-refractivity contribution in [3.8, 4) is 0 Å². The molecule has 1 aromatic rings. The lowest BCUT2D eigenvalue weighted by molar-refractivity contribution is -0.128. The topological polar surface area (TPSA) is 97.1 Å². The highest BCUT2D eigenvalue weighted by molar-refractivity contribution is 5.99. The lowest BCUT2D eigenvalue weighted by Gasteiger charge is -2.22. The molecule has 0 fully saturated rings. The lowest BCUT2D eigenvalue weighted by Crippen LogP contribution is -2.43. The number of nitrogens with two attached hydrogens (primary N) is 1. The fourth-order valence-electron chi connectivity index (χ4n) is 1.41. The number of carbonyl (C=O) groups is 2. The second-order valence-electron chi connectivity index (χ2n) is 4.61. The molecule has 0 aliphatic carbocycles. The van der Waals surface area contributed by atoms with Crippen LogP contribution < -0.4 is 16.4 Å². The number of aromatic nitrogens is 1. The average molecular weight is 287 g/mol. The molecule has 106 valence electrons. The summed E-state index contributed by atoms with van der Waals surface area (Å²) in [5.41, 5.74) is 5.66. The molecular formula is C12H19ClN4O2. The van der Waals surface area contributed by atoms with E-state index in [2.05, 4.69) is 15.6 Å². The van der Waals surface area contributed by atoms with Crippen molar-refractivity contribution in [1.29, 1.82) is 0 Å². The molecule has 4 N–H and O–H groups in total. The monoisotopic (exact) mass is 286 g/mol. The van der Waals surface area contributed by atoms with Gasteiger partial charge in [0.25, 0.3) is 5.91 Å². The van der Waals surface area contributed by atoms with Crippen LogP contribution in [0.4, 0.5) is 5.69 Å². The van der Waals surface area contributed by atoms with Crippen LogP contribution in [-0.2, 0) is 4.79 Å². The van der Waals surface area contributed by atoms with Crippen LogP contribution in [0.15, 0.2) is 18.5 Å². The Balaban J connectivity index is 0.00000324. The SMILES string of the molecule is CNC(=O)C(C)(C)CNC(=O)c1cnccc1N.Cl. The molecule has 6 nitrogen and oxygen atoms in total. The minimum absolute atomic E-state index is 0. The number of carbonyl (C=O) groups excluding carboxylic acids is 2. The molecule has 0 atom stereocenters. The number of nitrogens with zero attached hydrogens (tertiary/aromatic N) is 1. The van der Waals surface area contributed by atoms with E-state index in [-0.39, 0.29) is 30.8 Å². The van der Waals surface area contributed by atoms with E-state index in [1.807, 2.05) is 0 Å². The molecule has 0 aliphatic heterocycles. The largest absolute Gasteiger partial charge is 0.398 e. The highest BCUT2D eigenvalue weighted by Gasteiger charge is 2.27. The zero-order valence-corrected chi connectivity index (χ0v) is 12.0. The Bertz CT molecular complexity index is 463. The summed E-state index contributed by atoms with van der Waals surface area (Å²) in [6.45, 7) is 3.72. The van der Waals surface area contributed by atoms with Crippen molar-refractivity contribution < 1.29 is 9.59 Å². The van der Waals surface area contributed by atoms with E-state index >= 15 is 0 Å². The Labute approximate surface area is 118 Å². The van der Waals surface area contributed by atoms with Crippen molar-refractivity contribution in [3.63, 3.8) is 0 Å². The Kier molecular flexibility index (Phi) is 6.27. The van der Waals surface area contributed by atoms with Gasteiger partial charge in [0.15, 0.2) is 0 Å². The van der Waals surface area contributed by atoms with Crippen LogP contribution in [0.3, 0.4) is 0 Å². The van der Waals surface area contributed by atoms with Crippen molar-refractivity contribution in [1.82, 2.24) is 15.6 Å². The summed E-state index contributed by atoms with van der Waals surface area (Å²) in [4.78, 5) is 27.3. The third kappa shape index (κ3) is 4.40. The maximum absolute atomic E-state index is 11.9. The second kappa shape index (κ2) is 6.94. The number of amides is 2. The maximum atomic E-state index is 11.9. The molecule has 0 spiro atoms. The van der Waals surface area contributed by atoms with Gasteiger partial charge in [0, 0.05) is 31.7 Å².